The summed E-state index contributed by atoms with van der Waals surface area (Å²) in [7, 11) is 0. The Morgan fingerprint density at radius 1 is 1.04 bits per heavy atom. The number of hydrogen-bond acceptors (Lipinski definition) is 5. The Bertz CT molecular complexity index is 708. The van der Waals surface area contributed by atoms with E-state index in [1.165, 1.54) is 0 Å². The first kappa shape index (κ1) is 17.5. The van der Waals surface area contributed by atoms with Crippen molar-refractivity contribution in [3.63, 3.8) is 0 Å². The van der Waals surface area contributed by atoms with Gasteiger partial charge in [-0.15, -0.1) is 0 Å². The van der Waals surface area contributed by atoms with Crippen LogP contribution in [-0.2, 0) is 14.3 Å². The van der Waals surface area contributed by atoms with E-state index in [2.05, 4.69) is 11.9 Å². The fraction of sp³-hybridized carbons (Fsp3) is 0.222. The van der Waals surface area contributed by atoms with E-state index in [9.17, 15) is 9.59 Å². The van der Waals surface area contributed by atoms with Gasteiger partial charge in [-0.25, -0.2) is 9.59 Å². The van der Waals surface area contributed by atoms with Crippen LogP contribution in [0.3, 0.4) is 0 Å². The number of nitrogens with one attached hydrogen (secondary N) is 1. The van der Waals surface area contributed by atoms with Crippen LogP contribution in [0.25, 0.3) is 10.8 Å². The Balaban J connectivity index is 1.68. The van der Waals surface area contributed by atoms with Crippen LogP contribution in [0.2, 0.25) is 0 Å². The van der Waals surface area contributed by atoms with Crippen molar-refractivity contribution >= 4 is 22.8 Å². The van der Waals surface area contributed by atoms with Crippen molar-refractivity contribution in [1.82, 2.24) is 5.32 Å². The molecule has 0 saturated carbocycles. The molecule has 0 aromatic heterocycles. The topological polar surface area (TPSA) is 73.9 Å². The van der Waals surface area contributed by atoms with Crippen molar-refractivity contribution in [2.75, 3.05) is 26.4 Å². The number of benzene rings is 2. The molecular weight excluding hydrogens is 310 g/mol. The predicted molar refractivity (Wildman–Crippen MR) is 89.9 cm³/mol. The van der Waals surface area contributed by atoms with Crippen LogP contribution in [0.15, 0.2) is 55.1 Å². The maximum atomic E-state index is 11.8. The van der Waals surface area contributed by atoms with E-state index in [0.717, 1.165) is 16.8 Å². The number of ether oxygens (including phenoxy) is 3. The average Bonchev–Trinajstić information content (AvgIpc) is 2.61. The second-order valence-electron chi connectivity index (χ2n) is 4.78. The van der Waals surface area contributed by atoms with E-state index < -0.39 is 12.1 Å². The van der Waals surface area contributed by atoms with E-state index in [4.69, 9.17) is 14.2 Å². The molecule has 0 aliphatic rings. The third-order valence-corrected chi connectivity index (χ3v) is 3.11. The molecule has 0 saturated heterocycles. The van der Waals surface area contributed by atoms with Crippen molar-refractivity contribution in [2.24, 2.45) is 0 Å². The van der Waals surface area contributed by atoms with Gasteiger partial charge in [-0.1, -0.05) is 43.0 Å². The first-order valence-electron chi connectivity index (χ1n) is 7.51. The van der Waals surface area contributed by atoms with Crippen LogP contribution in [-0.4, -0.2) is 38.4 Å². The number of rotatable bonds is 8. The van der Waals surface area contributed by atoms with Crippen molar-refractivity contribution in [1.29, 1.82) is 0 Å². The van der Waals surface area contributed by atoms with Gasteiger partial charge in [0.05, 0.1) is 13.2 Å². The van der Waals surface area contributed by atoms with Crippen molar-refractivity contribution < 1.29 is 23.8 Å². The van der Waals surface area contributed by atoms with Gasteiger partial charge in [0.15, 0.2) is 0 Å². The summed E-state index contributed by atoms with van der Waals surface area (Å²) in [6.07, 6.45) is 0.540. The molecule has 24 heavy (non-hydrogen) atoms. The smallest absolute Gasteiger partial charge is 0.412 e. The van der Waals surface area contributed by atoms with Gasteiger partial charge < -0.3 is 19.5 Å². The Hall–Kier alpha value is -2.86. The van der Waals surface area contributed by atoms with Gasteiger partial charge in [-0.05, 0) is 11.5 Å². The molecule has 0 heterocycles. The average molecular weight is 329 g/mol. The highest BCUT2D eigenvalue weighted by Gasteiger charge is 2.07. The predicted octanol–water partition coefficient (Wildman–Crippen LogP) is 2.67. The highest BCUT2D eigenvalue weighted by molar-refractivity contribution is 5.90. The van der Waals surface area contributed by atoms with Gasteiger partial charge in [-0.3, -0.25) is 0 Å². The fourth-order valence-corrected chi connectivity index (χ4v) is 2.01. The van der Waals surface area contributed by atoms with Crippen molar-refractivity contribution in [3.8, 4) is 5.75 Å². The van der Waals surface area contributed by atoms with Crippen LogP contribution >= 0.6 is 0 Å². The molecule has 1 amide bonds. The minimum atomic E-state index is -0.548. The Morgan fingerprint density at radius 3 is 2.67 bits per heavy atom. The molecule has 0 aliphatic carbocycles. The lowest BCUT2D eigenvalue weighted by Gasteiger charge is -2.09. The Kier molecular flexibility index (Phi) is 6.79. The quantitative estimate of drug-likeness (QED) is 0.458. The highest BCUT2D eigenvalue weighted by atomic mass is 16.6. The standard InChI is InChI=1S/C18H19NO5/c1-2-17(20)23-13-12-22-11-10-19-18(21)24-16-9-5-7-14-6-3-4-8-15(14)16/h2-9H,1,10-13H2,(H,19,21). The van der Waals surface area contributed by atoms with Crippen LogP contribution in [0, 0.1) is 0 Å². The largest absolute Gasteiger partial charge is 0.460 e. The second kappa shape index (κ2) is 9.32. The third kappa shape index (κ3) is 5.40. The fourth-order valence-electron chi connectivity index (χ4n) is 2.01. The first-order valence-corrected chi connectivity index (χ1v) is 7.51. The van der Waals surface area contributed by atoms with Crippen molar-refractivity contribution in [2.45, 2.75) is 0 Å². The maximum absolute atomic E-state index is 11.8. The van der Waals surface area contributed by atoms with Gasteiger partial charge in [0, 0.05) is 18.0 Å². The summed E-state index contributed by atoms with van der Waals surface area (Å²) in [5.74, 6) is 0.0123. The number of fused-ring (bicyclic) bond motifs is 1. The summed E-state index contributed by atoms with van der Waals surface area (Å²) in [4.78, 5) is 22.6. The molecular formula is C18H19NO5. The van der Waals surface area contributed by atoms with E-state index in [1.807, 2.05) is 36.4 Å². The van der Waals surface area contributed by atoms with Gasteiger partial charge in [-0.2, -0.15) is 0 Å². The van der Waals surface area contributed by atoms with Crippen LogP contribution in [0.5, 0.6) is 5.75 Å². The van der Waals surface area contributed by atoms with E-state index >= 15 is 0 Å². The number of carbonyl (C=O) groups is 2. The molecule has 0 radical (unpaired) electrons. The van der Waals surface area contributed by atoms with Crippen LogP contribution in [0.4, 0.5) is 4.79 Å². The zero-order valence-corrected chi connectivity index (χ0v) is 13.2. The summed E-state index contributed by atoms with van der Waals surface area (Å²) in [6.45, 7) is 4.26. The number of hydrogen-bond donors (Lipinski definition) is 1. The number of esters is 1. The van der Waals surface area contributed by atoms with Crippen molar-refractivity contribution in [3.05, 3.63) is 55.1 Å². The summed E-state index contributed by atoms with van der Waals surface area (Å²) in [5, 5.41) is 4.47. The molecule has 2 aromatic rings. The first-order chi connectivity index (χ1) is 11.7. The molecule has 0 aliphatic heterocycles. The Morgan fingerprint density at radius 2 is 1.83 bits per heavy atom. The van der Waals surface area contributed by atoms with Gasteiger partial charge in [0.2, 0.25) is 0 Å². The zero-order chi connectivity index (χ0) is 17.2. The lowest BCUT2D eigenvalue weighted by molar-refractivity contribution is -0.139. The minimum absolute atomic E-state index is 0.144. The molecule has 1 N–H and O–H groups in total. The SMILES string of the molecule is C=CC(=O)OCCOCCNC(=O)Oc1cccc2ccccc12. The van der Waals surface area contributed by atoms with E-state index in [1.54, 1.807) is 6.07 Å². The highest BCUT2D eigenvalue weighted by Crippen LogP contribution is 2.25. The van der Waals surface area contributed by atoms with Gasteiger partial charge >= 0.3 is 12.1 Å². The van der Waals surface area contributed by atoms with Gasteiger partial charge in [0.25, 0.3) is 0 Å². The van der Waals surface area contributed by atoms with Crippen LogP contribution < -0.4 is 10.1 Å². The molecule has 2 aromatic carbocycles. The maximum Gasteiger partial charge on any atom is 0.412 e. The number of amides is 1. The van der Waals surface area contributed by atoms with Crippen LogP contribution in [0.1, 0.15) is 0 Å². The Labute approximate surface area is 140 Å². The lowest BCUT2D eigenvalue weighted by Crippen LogP contribution is -2.30. The summed E-state index contributed by atoms with van der Waals surface area (Å²) >= 11 is 0. The molecule has 0 atom stereocenters. The molecule has 6 nitrogen and oxygen atoms in total. The lowest BCUT2D eigenvalue weighted by atomic mass is 10.1. The molecule has 0 bridgehead atoms. The monoisotopic (exact) mass is 329 g/mol. The molecule has 126 valence electrons. The molecule has 0 spiro atoms. The minimum Gasteiger partial charge on any atom is -0.460 e. The second-order valence-corrected chi connectivity index (χ2v) is 4.78. The number of carbonyl (C=O) groups excluding carboxylic acids is 2. The van der Waals surface area contributed by atoms with Gasteiger partial charge in [0.1, 0.15) is 12.4 Å². The summed E-state index contributed by atoms with van der Waals surface area (Å²) in [6, 6.07) is 13.2. The molecule has 6 heteroatoms. The summed E-state index contributed by atoms with van der Waals surface area (Å²) < 4.78 is 15.3. The molecule has 2 rings (SSSR count). The third-order valence-electron chi connectivity index (χ3n) is 3.11. The van der Waals surface area contributed by atoms with E-state index in [0.29, 0.717) is 12.3 Å². The molecule has 0 fully saturated rings. The van der Waals surface area contributed by atoms with E-state index in [-0.39, 0.29) is 19.8 Å². The zero-order valence-electron chi connectivity index (χ0n) is 13.2. The normalized spacial score (nSPS) is 10.2. The summed E-state index contributed by atoms with van der Waals surface area (Å²) in [5.41, 5.74) is 0. The molecule has 0 unspecified atom stereocenters.